The highest BCUT2D eigenvalue weighted by molar-refractivity contribution is 5.68. The number of alkyl carbamates (subject to hydrolysis) is 1. The van der Waals surface area contributed by atoms with Crippen LogP contribution in [-0.4, -0.2) is 23.8 Å². The molecule has 1 aliphatic rings. The fraction of sp³-hybridized carbons (Fsp3) is 0.650. The molecule has 1 aromatic rings. The molecule has 134 valence electrons. The maximum Gasteiger partial charge on any atom is 0.407 e. The van der Waals surface area contributed by atoms with Gasteiger partial charge in [0.2, 0.25) is 0 Å². The average Bonchev–Trinajstić information content (AvgIpc) is 2.51. The van der Waals surface area contributed by atoms with Gasteiger partial charge in [-0.05, 0) is 64.0 Å². The Morgan fingerprint density at radius 1 is 1.17 bits per heavy atom. The standard InChI is InChI=1S/C20H32N2O2/c1-5-15-9-6-7-10-16(15)14-21-17-11-8-12-18(13-17)22-19(23)24-20(2,3)4/h6-7,9-10,17-18,21H,5,8,11-14H2,1-4H3,(H,22,23). The molecular formula is C20H32N2O2. The molecule has 1 saturated carbocycles. The fourth-order valence-corrected chi connectivity index (χ4v) is 3.31. The topological polar surface area (TPSA) is 50.4 Å². The lowest BCUT2D eigenvalue weighted by molar-refractivity contribution is 0.0488. The molecule has 0 saturated heterocycles. The minimum Gasteiger partial charge on any atom is -0.444 e. The van der Waals surface area contributed by atoms with Crippen LogP contribution in [0.5, 0.6) is 0 Å². The molecule has 0 aromatic heterocycles. The lowest BCUT2D eigenvalue weighted by Crippen LogP contribution is -2.45. The van der Waals surface area contributed by atoms with Crippen molar-refractivity contribution in [2.75, 3.05) is 0 Å². The first-order chi connectivity index (χ1) is 11.4. The number of benzene rings is 1. The van der Waals surface area contributed by atoms with E-state index in [2.05, 4.69) is 41.8 Å². The summed E-state index contributed by atoms with van der Waals surface area (Å²) in [4.78, 5) is 11.9. The molecular weight excluding hydrogens is 300 g/mol. The number of nitrogens with one attached hydrogen (secondary N) is 2. The van der Waals surface area contributed by atoms with Gasteiger partial charge in [0.1, 0.15) is 5.60 Å². The summed E-state index contributed by atoms with van der Waals surface area (Å²) in [6.45, 7) is 8.77. The summed E-state index contributed by atoms with van der Waals surface area (Å²) in [5.41, 5.74) is 2.34. The molecule has 4 heteroatoms. The lowest BCUT2D eigenvalue weighted by Gasteiger charge is -2.31. The van der Waals surface area contributed by atoms with Crippen LogP contribution < -0.4 is 10.6 Å². The third-order valence-corrected chi connectivity index (χ3v) is 4.48. The van der Waals surface area contributed by atoms with Gasteiger partial charge in [0, 0.05) is 18.6 Å². The van der Waals surface area contributed by atoms with Crippen molar-refractivity contribution in [2.24, 2.45) is 0 Å². The maximum absolute atomic E-state index is 11.9. The number of ether oxygens (including phenoxy) is 1. The van der Waals surface area contributed by atoms with Crippen molar-refractivity contribution in [2.45, 2.75) is 84.0 Å². The van der Waals surface area contributed by atoms with Crippen LogP contribution in [0, 0.1) is 0 Å². The number of rotatable bonds is 5. The van der Waals surface area contributed by atoms with Crippen LogP contribution in [0.4, 0.5) is 4.79 Å². The average molecular weight is 332 g/mol. The molecule has 0 spiro atoms. The molecule has 0 bridgehead atoms. The van der Waals surface area contributed by atoms with Gasteiger partial charge in [-0.1, -0.05) is 31.2 Å². The minimum absolute atomic E-state index is 0.201. The van der Waals surface area contributed by atoms with E-state index in [4.69, 9.17) is 4.74 Å². The minimum atomic E-state index is -0.444. The summed E-state index contributed by atoms with van der Waals surface area (Å²) in [6, 6.07) is 9.25. The van der Waals surface area contributed by atoms with Crippen molar-refractivity contribution in [1.29, 1.82) is 0 Å². The van der Waals surface area contributed by atoms with E-state index in [1.807, 2.05) is 20.8 Å². The number of carbonyl (C=O) groups excluding carboxylic acids is 1. The Balaban J connectivity index is 1.81. The van der Waals surface area contributed by atoms with E-state index in [9.17, 15) is 4.79 Å². The molecule has 0 radical (unpaired) electrons. The van der Waals surface area contributed by atoms with E-state index in [1.165, 1.54) is 17.5 Å². The molecule has 1 aliphatic carbocycles. The van der Waals surface area contributed by atoms with Crippen LogP contribution in [0.15, 0.2) is 24.3 Å². The van der Waals surface area contributed by atoms with Crippen molar-refractivity contribution in [3.05, 3.63) is 35.4 Å². The Morgan fingerprint density at radius 2 is 1.83 bits per heavy atom. The fourth-order valence-electron chi connectivity index (χ4n) is 3.31. The largest absolute Gasteiger partial charge is 0.444 e. The van der Waals surface area contributed by atoms with Gasteiger partial charge in [0.15, 0.2) is 0 Å². The highest BCUT2D eigenvalue weighted by Crippen LogP contribution is 2.20. The van der Waals surface area contributed by atoms with Crippen molar-refractivity contribution in [3.8, 4) is 0 Å². The Labute approximate surface area is 146 Å². The highest BCUT2D eigenvalue weighted by atomic mass is 16.6. The SMILES string of the molecule is CCc1ccccc1CNC1CCCC(NC(=O)OC(C)(C)C)C1. The summed E-state index contributed by atoms with van der Waals surface area (Å²) < 4.78 is 5.36. The summed E-state index contributed by atoms with van der Waals surface area (Å²) in [5.74, 6) is 0. The van der Waals surface area contributed by atoms with Crippen molar-refractivity contribution in [1.82, 2.24) is 10.6 Å². The number of hydrogen-bond acceptors (Lipinski definition) is 3. The van der Waals surface area contributed by atoms with Gasteiger partial charge in [-0.25, -0.2) is 4.79 Å². The molecule has 1 amide bonds. The zero-order valence-corrected chi connectivity index (χ0v) is 15.5. The smallest absolute Gasteiger partial charge is 0.407 e. The van der Waals surface area contributed by atoms with Gasteiger partial charge in [-0.2, -0.15) is 0 Å². The molecule has 4 nitrogen and oxygen atoms in total. The Morgan fingerprint density at radius 3 is 2.50 bits per heavy atom. The van der Waals surface area contributed by atoms with E-state index in [1.54, 1.807) is 0 Å². The molecule has 2 N–H and O–H groups in total. The molecule has 0 aliphatic heterocycles. The molecule has 2 rings (SSSR count). The van der Waals surface area contributed by atoms with Crippen LogP contribution in [0.1, 0.15) is 64.5 Å². The van der Waals surface area contributed by atoms with Crippen molar-refractivity contribution >= 4 is 6.09 Å². The van der Waals surface area contributed by atoms with Crippen LogP contribution in [0.2, 0.25) is 0 Å². The van der Waals surface area contributed by atoms with Gasteiger partial charge < -0.3 is 15.4 Å². The highest BCUT2D eigenvalue weighted by Gasteiger charge is 2.25. The van der Waals surface area contributed by atoms with Crippen LogP contribution in [0.3, 0.4) is 0 Å². The first-order valence-electron chi connectivity index (χ1n) is 9.17. The van der Waals surface area contributed by atoms with Gasteiger partial charge in [-0.15, -0.1) is 0 Å². The Bertz CT molecular complexity index is 537. The summed E-state index contributed by atoms with van der Waals surface area (Å²) in [6.07, 6.45) is 5.06. The van der Waals surface area contributed by atoms with Gasteiger partial charge in [0.05, 0.1) is 0 Å². The van der Waals surface area contributed by atoms with Crippen LogP contribution in [-0.2, 0) is 17.7 Å². The Kier molecular flexibility index (Phi) is 6.67. The van der Waals surface area contributed by atoms with E-state index >= 15 is 0 Å². The van der Waals surface area contributed by atoms with Crippen molar-refractivity contribution in [3.63, 3.8) is 0 Å². The number of aryl methyl sites for hydroxylation is 1. The van der Waals surface area contributed by atoms with Gasteiger partial charge in [-0.3, -0.25) is 0 Å². The van der Waals surface area contributed by atoms with Gasteiger partial charge in [0.25, 0.3) is 0 Å². The molecule has 1 aromatic carbocycles. The summed E-state index contributed by atoms with van der Waals surface area (Å²) >= 11 is 0. The van der Waals surface area contributed by atoms with Crippen molar-refractivity contribution < 1.29 is 9.53 Å². The zero-order chi connectivity index (χ0) is 17.6. The molecule has 2 unspecified atom stereocenters. The van der Waals surface area contributed by atoms with E-state index in [-0.39, 0.29) is 12.1 Å². The second kappa shape index (κ2) is 8.52. The van der Waals surface area contributed by atoms with E-state index in [0.717, 1.165) is 32.2 Å². The summed E-state index contributed by atoms with van der Waals surface area (Å²) in [7, 11) is 0. The third kappa shape index (κ3) is 6.16. The molecule has 1 fully saturated rings. The first-order valence-corrected chi connectivity index (χ1v) is 9.17. The lowest BCUT2D eigenvalue weighted by atomic mass is 9.90. The molecule has 24 heavy (non-hydrogen) atoms. The molecule has 0 heterocycles. The van der Waals surface area contributed by atoms with Gasteiger partial charge >= 0.3 is 6.09 Å². The summed E-state index contributed by atoms with van der Waals surface area (Å²) in [5, 5.41) is 6.70. The van der Waals surface area contributed by atoms with E-state index < -0.39 is 5.60 Å². The second-order valence-corrected chi connectivity index (χ2v) is 7.71. The predicted molar refractivity (Wildman–Crippen MR) is 98.1 cm³/mol. The third-order valence-electron chi connectivity index (χ3n) is 4.48. The predicted octanol–water partition coefficient (Wildman–Crippen LogP) is 4.17. The number of carbonyl (C=O) groups is 1. The second-order valence-electron chi connectivity index (χ2n) is 7.71. The number of hydrogen-bond donors (Lipinski definition) is 2. The Hall–Kier alpha value is -1.55. The maximum atomic E-state index is 11.9. The zero-order valence-electron chi connectivity index (χ0n) is 15.5. The first kappa shape index (κ1) is 18.8. The number of amides is 1. The van der Waals surface area contributed by atoms with E-state index in [0.29, 0.717) is 6.04 Å². The molecule has 2 atom stereocenters. The van der Waals surface area contributed by atoms with Crippen LogP contribution >= 0.6 is 0 Å². The monoisotopic (exact) mass is 332 g/mol. The quantitative estimate of drug-likeness (QED) is 0.850. The van der Waals surface area contributed by atoms with Crippen LogP contribution in [0.25, 0.3) is 0 Å². The normalized spacial score (nSPS) is 21.3.